The van der Waals surface area contributed by atoms with Crippen LogP contribution < -0.4 is 10.2 Å². The highest BCUT2D eigenvalue weighted by atomic mass is 19.2. The molecule has 0 spiro atoms. The van der Waals surface area contributed by atoms with Gasteiger partial charge in [0.25, 0.3) is 0 Å². The van der Waals surface area contributed by atoms with Gasteiger partial charge in [-0.3, -0.25) is 0 Å². The van der Waals surface area contributed by atoms with Gasteiger partial charge in [-0.1, -0.05) is 6.07 Å². The first-order valence-electron chi connectivity index (χ1n) is 4.17. The molecule has 0 saturated heterocycles. The smallest absolute Gasteiger partial charge is 0.200 e. The monoisotopic (exact) mass is 203 g/mol. The Morgan fingerprint density at radius 1 is 1.36 bits per heavy atom. The molecule has 0 amide bonds. The van der Waals surface area contributed by atoms with Crippen molar-refractivity contribution in [3.05, 3.63) is 29.3 Å². The lowest BCUT2D eigenvalue weighted by Gasteiger charge is -2.07. The first-order chi connectivity index (χ1) is 6.70. The molecule has 0 atom stereocenters. The van der Waals surface area contributed by atoms with Gasteiger partial charge in [-0.25, -0.2) is 9.87 Å². The largest absolute Gasteiger partial charge is 0.491 e. The van der Waals surface area contributed by atoms with Gasteiger partial charge in [-0.15, -0.1) is 0 Å². The number of rotatable bonds is 4. The Labute approximate surface area is 80.3 Å². The van der Waals surface area contributed by atoms with E-state index in [4.69, 9.17) is 9.94 Å². The molecule has 0 aliphatic rings. The molecule has 0 bridgehead atoms. The Balaban J connectivity index is 2.99. The van der Waals surface area contributed by atoms with Gasteiger partial charge in [0, 0.05) is 12.1 Å². The van der Waals surface area contributed by atoms with Crippen LogP contribution in [0.25, 0.3) is 0 Å². The van der Waals surface area contributed by atoms with E-state index < -0.39 is 11.6 Å². The molecule has 1 rings (SSSR count). The van der Waals surface area contributed by atoms with E-state index in [0.29, 0.717) is 0 Å². The summed E-state index contributed by atoms with van der Waals surface area (Å²) in [6.45, 7) is 1.81. The number of hydroxylamine groups is 1. The summed E-state index contributed by atoms with van der Waals surface area (Å²) in [5.41, 5.74) is 1.81. The Kier molecular flexibility index (Phi) is 3.79. The molecular formula is C9H11F2NO2. The lowest BCUT2D eigenvalue weighted by Crippen LogP contribution is -2.09. The first kappa shape index (κ1) is 10.9. The van der Waals surface area contributed by atoms with Crippen LogP contribution in [0.5, 0.6) is 5.75 Å². The fraction of sp³-hybridized carbons (Fsp3) is 0.333. The molecule has 5 heteroatoms. The van der Waals surface area contributed by atoms with Crippen molar-refractivity contribution < 1.29 is 18.7 Å². The summed E-state index contributed by atoms with van der Waals surface area (Å²) in [4.78, 5) is 0. The summed E-state index contributed by atoms with van der Waals surface area (Å²) in [6, 6.07) is 2.68. The number of benzene rings is 1. The van der Waals surface area contributed by atoms with Gasteiger partial charge in [0.1, 0.15) is 0 Å². The Morgan fingerprint density at radius 2 is 2.07 bits per heavy atom. The third-order valence-corrected chi connectivity index (χ3v) is 1.70. The summed E-state index contributed by atoms with van der Waals surface area (Å²) < 4.78 is 31.2. The van der Waals surface area contributed by atoms with Crippen LogP contribution in [0.2, 0.25) is 0 Å². The second kappa shape index (κ2) is 4.88. The van der Waals surface area contributed by atoms with Crippen molar-refractivity contribution in [2.75, 3.05) is 6.61 Å². The molecular weight excluding hydrogens is 192 g/mol. The van der Waals surface area contributed by atoms with E-state index in [1.807, 2.05) is 0 Å². The number of ether oxygens (including phenoxy) is 1. The van der Waals surface area contributed by atoms with Crippen LogP contribution in [0.1, 0.15) is 12.5 Å². The van der Waals surface area contributed by atoms with E-state index in [-0.39, 0.29) is 24.5 Å². The van der Waals surface area contributed by atoms with Crippen LogP contribution in [-0.2, 0) is 6.54 Å². The third kappa shape index (κ3) is 2.18. The highest BCUT2D eigenvalue weighted by Crippen LogP contribution is 2.22. The van der Waals surface area contributed by atoms with Crippen molar-refractivity contribution >= 4 is 0 Å². The van der Waals surface area contributed by atoms with E-state index >= 15 is 0 Å². The fourth-order valence-corrected chi connectivity index (χ4v) is 1.06. The van der Waals surface area contributed by atoms with Gasteiger partial charge >= 0.3 is 0 Å². The van der Waals surface area contributed by atoms with Crippen LogP contribution >= 0.6 is 0 Å². The van der Waals surface area contributed by atoms with E-state index in [2.05, 4.69) is 0 Å². The van der Waals surface area contributed by atoms with Gasteiger partial charge in [-0.2, -0.15) is 4.39 Å². The molecule has 2 N–H and O–H groups in total. The van der Waals surface area contributed by atoms with Gasteiger partial charge in [0.2, 0.25) is 5.82 Å². The standard InChI is InChI=1S/C9H11F2NO2/c1-2-14-7-4-3-6(5-12-13)8(10)9(7)11/h3-4,12-13H,2,5H2,1H3. The molecule has 1 aromatic rings. The normalized spacial score (nSPS) is 10.3. The second-order valence-electron chi connectivity index (χ2n) is 2.62. The van der Waals surface area contributed by atoms with Gasteiger partial charge in [0.15, 0.2) is 11.6 Å². The molecule has 0 heterocycles. The maximum absolute atomic E-state index is 13.2. The van der Waals surface area contributed by atoms with Crippen LogP contribution in [0.15, 0.2) is 12.1 Å². The third-order valence-electron chi connectivity index (χ3n) is 1.70. The van der Waals surface area contributed by atoms with E-state index in [1.165, 1.54) is 12.1 Å². The number of nitrogens with one attached hydrogen (secondary N) is 1. The quantitative estimate of drug-likeness (QED) is 0.733. The second-order valence-corrected chi connectivity index (χ2v) is 2.62. The van der Waals surface area contributed by atoms with Crippen LogP contribution in [-0.4, -0.2) is 11.8 Å². The summed E-state index contributed by atoms with van der Waals surface area (Å²) >= 11 is 0. The zero-order valence-electron chi connectivity index (χ0n) is 7.68. The average Bonchev–Trinajstić information content (AvgIpc) is 2.18. The molecule has 0 unspecified atom stereocenters. The van der Waals surface area contributed by atoms with Crippen molar-refractivity contribution in [1.82, 2.24) is 5.48 Å². The first-order valence-corrected chi connectivity index (χ1v) is 4.17. The molecule has 0 saturated carbocycles. The highest BCUT2D eigenvalue weighted by molar-refractivity contribution is 5.30. The van der Waals surface area contributed by atoms with Gasteiger partial charge < -0.3 is 9.94 Å². The molecule has 0 fully saturated rings. The molecule has 0 aliphatic carbocycles. The molecule has 1 aromatic carbocycles. The maximum atomic E-state index is 13.2. The average molecular weight is 203 g/mol. The van der Waals surface area contributed by atoms with Gasteiger partial charge in [-0.05, 0) is 13.0 Å². The summed E-state index contributed by atoms with van der Waals surface area (Å²) in [5.74, 6) is -2.15. The van der Waals surface area contributed by atoms with Crippen molar-refractivity contribution in [2.24, 2.45) is 0 Å². The van der Waals surface area contributed by atoms with Crippen molar-refractivity contribution in [3.63, 3.8) is 0 Å². The number of hydrogen-bond acceptors (Lipinski definition) is 3. The Morgan fingerprint density at radius 3 is 2.64 bits per heavy atom. The topological polar surface area (TPSA) is 41.5 Å². The minimum atomic E-state index is -1.03. The highest BCUT2D eigenvalue weighted by Gasteiger charge is 2.13. The predicted molar refractivity (Wildman–Crippen MR) is 46.2 cm³/mol. The lowest BCUT2D eigenvalue weighted by molar-refractivity contribution is 0.159. The lowest BCUT2D eigenvalue weighted by atomic mass is 10.2. The molecule has 0 aromatic heterocycles. The fourth-order valence-electron chi connectivity index (χ4n) is 1.06. The van der Waals surface area contributed by atoms with E-state index in [9.17, 15) is 8.78 Å². The zero-order valence-corrected chi connectivity index (χ0v) is 7.68. The molecule has 3 nitrogen and oxygen atoms in total. The molecule has 0 aliphatic heterocycles. The van der Waals surface area contributed by atoms with Crippen LogP contribution in [0.3, 0.4) is 0 Å². The van der Waals surface area contributed by atoms with Crippen molar-refractivity contribution in [2.45, 2.75) is 13.5 Å². The van der Waals surface area contributed by atoms with Gasteiger partial charge in [0.05, 0.1) is 6.61 Å². The van der Waals surface area contributed by atoms with Crippen molar-refractivity contribution in [3.8, 4) is 5.75 Å². The van der Waals surface area contributed by atoms with Crippen LogP contribution in [0.4, 0.5) is 8.78 Å². The maximum Gasteiger partial charge on any atom is 0.200 e. The minimum absolute atomic E-state index is 0.0495. The molecule has 78 valence electrons. The van der Waals surface area contributed by atoms with E-state index in [1.54, 1.807) is 12.4 Å². The number of hydrogen-bond donors (Lipinski definition) is 2. The summed E-state index contributed by atoms with van der Waals surface area (Å²) in [5, 5.41) is 8.34. The minimum Gasteiger partial charge on any atom is -0.491 e. The Hall–Kier alpha value is -1.20. The zero-order chi connectivity index (χ0) is 10.6. The van der Waals surface area contributed by atoms with Crippen molar-refractivity contribution in [1.29, 1.82) is 0 Å². The SMILES string of the molecule is CCOc1ccc(CNO)c(F)c1F. The molecule has 14 heavy (non-hydrogen) atoms. The predicted octanol–water partition coefficient (Wildman–Crippen LogP) is 1.84. The Bertz CT molecular complexity index is 287. The summed E-state index contributed by atoms with van der Waals surface area (Å²) in [7, 11) is 0. The molecule has 0 radical (unpaired) electrons. The van der Waals surface area contributed by atoms with E-state index in [0.717, 1.165) is 0 Å². The summed E-state index contributed by atoms with van der Waals surface area (Å²) in [6.07, 6.45) is 0. The van der Waals surface area contributed by atoms with Crippen LogP contribution in [0, 0.1) is 11.6 Å². The number of halogens is 2.